The Balaban J connectivity index is 0.000000980. The monoisotopic (exact) mass is 377 g/mol. The first-order valence-corrected chi connectivity index (χ1v) is 4.26. The quantitative estimate of drug-likeness (QED) is 0.695. The van der Waals surface area contributed by atoms with Crippen molar-refractivity contribution < 1.29 is 20.1 Å². The molecule has 0 saturated carbocycles. The van der Waals surface area contributed by atoms with Crippen molar-refractivity contribution >= 4 is 0 Å². The summed E-state index contributed by atoms with van der Waals surface area (Å²) in [6.45, 7) is 2.06. The molecule has 1 aromatic heterocycles. The van der Waals surface area contributed by atoms with Crippen LogP contribution >= 0.6 is 0 Å². The SMILES string of the molecule is C.Cc1cccnc1-c1[c-]cccc1.[Ir]. The fourth-order valence-corrected chi connectivity index (χ4v) is 1.31. The van der Waals surface area contributed by atoms with E-state index in [2.05, 4.69) is 24.0 Å². The van der Waals surface area contributed by atoms with Crippen molar-refractivity contribution in [3.63, 3.8) is 0 Å². The molecular weight excluding hydrogens is 362 g/mol. The van der Waals surface area contributed by atoms with E-state index < -0.39 is 0 Å². The second kappa shape index (κ2) is 6.49. The summed E-state index contributed by atoms with van der Waals surface area (Å²) in [5.74, 6) is 0. The van der Waals surface area contributed by atoms with Crippen LogP contribution < -0.4 is 0 Å². The number of hydrogen-bond acceptors (Lipinski definition) is 1. The average Bonchev–Trinajstić information content (AvgIpc) is 2.20. The van der Waals surface area contributed by atoms with Gasteiger partial charge in [0.25, 0.3) is 0 Å². The van der Waals surface area contributed by atoms with Gasteiger partial charge in [-0.1, -0.05) is 19.1 Å². The minimum Gasteiger partial charge on any atom is -0.304 e. The van der Waals surface area contributed by atoms with Crippen LogP contribution in [0.5, 0.6) is 0 Å². The zero-order valence-corrected chi connectivity index (χ0v) is 10.2. The van der Waals surface area contributed by atoms with Crippen molar-refractivity contribution in [2.75, 3.05) is 0 Å². The van der Waals surface area contributed by atoms with E-state index >= 15 is 0 Å². The molecule has 1 aromatic carbocycles. The smallest absolute Gasteiger partial charge is 0.0160 e. The first kappa shape index (κ1) is 14.0. The zero-order valence-electron chi connectivity index (χ0n) is 7.82. The molecule has 0 saturated heterocycles. The molecule has 1 radical (unpaired) electrons. The van der Waals surface area contributed by atoms with E-state index in [9.17, 15) is 0 Å². The predicted molar refractivity (Wildman–Crippen MR) is 60.0 cm³/mol. The third kappa shape index (κ3) is 3.26. The second-order valence-corrected chi connectivity index (χ2v) is 2.95. The summed E-state index contributed by atoms with van der Waals surface area (Å²) >= 11 is 0. The third-order valence-electron chi connectivity index (χ3n) is 1.97. The van der Waals surface area contributed by atoms with Gasteiger partial charge in [0.05, 0.1) is 0 Å². The van der Waals surface area contributed by atoms with Gasteiger partial charge in [-0.2, -0.15) is 0 Å². The van der Waals surface area contributed by atoms with Gasteiger partial charge in [-0.15, -0.1) is 35.9 Å². The Kier molecular flexibility index (Phi) is 6.07. The van der Waals surface area contributed by atoms with Crippen LogP contribution in [0.2, 0.25) is 0 Å². The Morgan fingerprint density at radius 2 is 1.93 bits per heavy atom. The molecule has 2 heteroatoms. The topological polar surface area (TPSA) is 12.9 Å². The first-order valence-electron chi connectivity index (χ1n) is 4.26. The van der Waals surface area contributed by atoms with Crippen LogP contribution in [-0.4, -0.2) is 4.98 Å². The molecule has 0 fully saturated rings. The predicted octanol–water partition coefficient (Wildman–Crippen LogP) is 3.49. The standard InChI is InChI=1S/C12H10N.CH4.Ir/c1-10-6-5-9-13-12(10)11-7-3-2-4-8-11;;/h2-7,9H,1H3;1H4;/q-1;;. The fraction of sp³-hybridized carbons (Fsp3) is 0.154. The summed E-state index contributed by atoms with van der Waals surface area (Å²) in [7, 11) is 0. The van der Waals surface area contributed by atoms with Crippen molar-refractivity contribution in [1.82, 2.24) is 4.98 Å². The number of nitrogens with zero attached hydrogens (tertiary/aromatic N) is 1. The largest absolute Gasteiger partial charge is 0.304 e. The summed E-state index contributed by atoms with van der Waals surface area (Å²) in [6.07, 6.45) is 1.81. The van der Waals surface area contributed by atoms with Crippen LogP contribution in [-0.2, 0) is 20.1 Å². The van der Waals surface area contributed by atoms with Crippen molar-refractivity contribution in [3.8, 4) is 11.3 Å². The maximum Gasteiger partial charge on any atom is 0.0160 e. The van der Waals surface area contributed by atoms with Gasteiger partial charge < -0.3 is 4.98 Å². The Labute approximate surface area is 105 Å². The normalized spacial score (nSPS) is 8.60. The number of aryl methyl sites for hydroxylation is 1. The Bertz CT molecular complexity index is 398. The number of rotatable bonds is 1. The number of benzene rings is 1. The number of aromatic nitrogens is 1. The van der Waals surface area contributed by atoms with E-state index in [1.54, 1.807) is 0 Å². The number of hydrogen-bond donors (Lipinski definition) is 0. The Morgan fingerprint density at radius 3 is 2.53 bits per heavy atom. The molecule has 0 N–H and O–H groups in total. The maximum absolute atomic E-state index is 4.32. The molecule has 0 aliphatic carbocycles. The minimum absolute atomic E-state index is 0. The minimum atomic E-state index is 0. The van der Waals surface area contributed by atoms with Crippen molar-refractivity contribution in [3.05, 3.63) is 54.2 Å². The van der Waals surface area contributed by atoms with Gasteiger partial charge in [0, 0.05) is 26.3 Å². The van der Waals surface area contributed by atoms with E-state index in [0.717, 1.165) is 11.3 Å². The van der Waals surface area contributed by atoms with Crippen LogP contribution in [0.25, 0.3) is 11.3 Å². The molecule has 0 atom stereocenters. The van der Waals surface area contributed by atoms with Gasteiger partial charge in [0.15, 0.2) is 0 Å². The molecule has 0 amide bonds. The molecule has 0 aliphatic heterocycles. The molecule has 0 unspecified atom stereocenters. The van der Waals surface area contributed by atoms with Gasteiger partial charge in [0.1, 0.15) is 0 Å². The molecule has 0 bridgehead atoms. The van der Waals surface area contributed by atoms with Crippen molar-refractivity contribution in [2.45, 2.75) is 14.4 Å². The molecule has 15 heavy (non-hydrogen) atoms. The van der Waals surface area contributed by atoms with Gasteiger partial charge >= 0.3 is 0 Å². The Morgan fingerprint density at radius 1 is 1.13 bits per heavy atom. The molecule has 0 aliphatic rings. The summed E-state index contributed by atoms with van der Waals surface area (Å²) in [5, 5.41) is 0. The molecule has 2 aromatic rings. The third-order valence-corrected chi connectivity index (χ3v) is 1.97. The van der Waals surface area contributed by atoms with Crippen molar-refractivity contribution in [1.29, 1.82) is 0 Å². The van der Waals surface area contributed by atoms with Gasteiger partial charge in [-0.05, 0) is 18.7 Å². The van der Waals surface area contributed by atoms with Gasteiger partial charge in [-0.25, -0.2) is 0 Å². The van der Waals surface area contributed by atoms with Gasteiger partial charge in [-0.3, -0.25) is 0 Å². The van der Waals surface area contributed by atoms with Crippen LogP contribution in [0, 0.1) is 13.0 Å². The van der Waals surface area contributed by atoms with E-state index in [1.165, 1.54) is 5.56 Å². The summed E-state index contributed by atoms with van der Waals surface area (Å²) < 4.78 is 0. The molecule has 0 spiro atoms. The maximum atomic E-state index is 4.32. The molecular formula is C13H14IrN-. The van der Waals surface area contributed by atoms with Crippen LogP contribution in [0.4, 0.5) is 0 Å². The molecule has 1 nitrogen and oxygen atoms in total. The average molecular weight is 376 g/mol. The van der Waals surface area contributed by atoms with Crippen molar-refractivity contribution in [2.24, 2.45) is 0 Å². The molecule has 2 rings (SSSR count). The molecule has 1 heterocycles. The van der Waals surface area contributed by atoms with Crippen LogP contribution in [0.3, 0.4) is 0 Å². The van der Waals surface area contributed by atoms with Gasteiger partial charge in [0.2, 0.25) is 0 Å². The molecule has 81 valence electrons. The summed E-state index contributed by atoms with van der Waals surface area (Å²) in [4.78, 5) is 4.32. The summed E-state index contributed by atoms with van der Waals surface area (Å²) in [6, 6.07) is 15.1. The fourth-order valence-electron chi connectivity index (χ4n) is 1.31. The van der Waals surface area contributed by atoms with E-state index in [4.69, 9.17) is 0 Å². The van der Waals surface area contributed by atoms with Crippen LogP contribution in [0.1, 0.15) is 13.0 Å². The van der Waals surface area contributed by atoms with E-state index in [-0.39, 0.29) is 27.5 Å². The second-order valence-electron chi connectivity index (χ2n) is 2.95. The summed E-state index contributed by atoms with van der Waals surface area (Å²) in [5.41, 5.74) is 3.26. The van der Waals surface area contributed by atoms with E-state index in [0.29, 0.717) is 0 Å². The van der Waals surface area contributed by atoms with E-state index in [1.807, 2.05) is 36.5 Å². The number of pyridine rings is 1. The van der Waals surface area contributed by atoms with Crippen LogP contribution in [0.15, 0.2) is 42.6 Å². The first-order chi connectivity index (χ1) is 6.38. The zero-order chi connectivity index (χ0) is 9.10. The Hall–Kier alpha value is -0.981.